The lowest BCUT2D eigenvalue weighted by Crippen LogP contribution is -2.28. The molecule has 1 aromatic rings. The standard InChI is InChI=1S/C13H23N3O/c1-9(2)16-13(12(17-3)8-15-16)10-5-4-6-11(14)7-10/h8-11H,4-7,14H2,1-3H3. The Kier molecular flexibility index (Phi) is 3.72. The van der Waals surface area contributed by atoms with Crippen molar-refractivity contribution in [1.29, 1.82) is 0 Å². The number of hydrogen-bond donors (Lipinski definition) is 1. The summed E-state index contributed by atoms with van der Waals surface area (Å²) in [5.41, 5.74) is 7.31. The lowest BCUT2D eigenvalue weighted by molar-refractivity contribution is 0.346. The Morgan fingerprint density at radius 1 is 1.47 bits per heavy atom. The highest BCUT2D eigenvalue weighted by Gasteiger charge is 2.27. The summed E-state index contributed by atoms with van der Waals surface area (Å²) in [6.45, 7) is 4.30. The van der Waals surface area contributed by atoms with Gasteiger partial charge in [0.1, 0.15) is 0 Å². The SMILES string of the molecule is COc1cnn(C(C)C)c1C1CCCC(N)C1. The summed E-state index contributed by atoms with van der Waals surface area (Å²) in [4.78, 5) is 0. The Bertz CT molecular complexity index is 373. The summed E-state index contributed by atoms with van der Waals surface area (Å²) in [6, 6.07) is 0.695. The van der Waals surface area contributed by atoms with Crippen molar-refractivity contribution < 1.29 is 4.74 Å². The first-order chi connectivity index (χ1) is 8.13. The van der Waals surface area contributed by atoms with Gasteiger partial charge in [0.05, 0.1) is 19.0 Å². The maximum atomic E-state index is 6.08. The number of rotatable bonds is 3. The first-order valence-electron chi connectivity index (χ1n) is 6.50. The highest BCUT2D eigenvalue weighted by molar-refractivity contribution is 5.29. The normalized spacial score (nSPS) is 25.2. The molecule has 1 aliphatic carbocycles. The second kappa shape index (κ2) is 5.08. The van der Waals surface area contributed by atoms with Gasteiger partial charge < -0.3 is 10.5 Å². The Balaban J connectivity index is 2.31. The van der Waals surface area contributed by atoms with Crippen molar-refractivity contribution in [3.8, 4) is 5.75 Å². The molecule has 2 rings (SSSR count). The maximum absolute atomic E-state index is 6.08. The van der Waals surface area contributed by atoms with Gasteiger partial charge in [0.15, 0.2) is 5.75 Å². The summed E-state index contributed by atoms with van der Waals surface area (Å²) in [6.07, 6.45) is 6.43. The minimum Gasteiger partial charge on any atom is -0.493 e. The molecule has 0 aromatic carbocycles. The van der Waals surface area contributed by atoms with Gasteiger partial charge in [-0.15, -0.1) is 0 Å². The van der Waals surface area contributed by atoms with Crippen LogP contribution < -0.4 is 10.5 Å². The summed E-state index contributed by atoms with van der Waals surface area (Å²) in [7, 11) is 1.72. The van der Waals surface area contributed by atoms with E-state index in [0.29, 0.717) is 18.0 Å². The molecule has 1 aliphatic rings. The van der Waals surface area contributed by atoms with Crippen molar-refractivity contribution in [2.75, 3.05) is 7.11 Å². The van der Waals surface area contributed by atoms with Gasteiger partial charge >= 0.3 is 0 Å². The van der Waals surface area contributed by atoms with Crippen molar-refractivity contribution >= 4 is 0 Å². The van der Waals surface area contributed by atoms with Crippen molar-refractivity contribution in [2.45, 2.75) is 57.5 Å². The molecule has 1 aromatic heterocycles. The number of methoxy groups -OCH3 is 1. The minimum absolute atomic E-state index is 0.328. The molecule has 2 N–H and O–H groups in total. The van der Waals surface area contributed by atoms with E-state index < -0.39 is 0 Å². The number of ether oxygens (including phenoxy) is 1. The monoisotopic (exact) mass is 237 g/mol. The molecule has 2 unspecified atom stereocenters. The molecule has 0 aliphatic heterocycles. The fraction of sp³-hybridized carbons (Fsp3) is 0.769. The zero-order valence-electron chi connectivity index (χ0n) is 11.0. The molecular weight excluding hydrogens is 214 g/mol. The first-order valence-corrected chi connectivity index (χ1v) is 6.50. The predicted octanol–water partition coefficient (Wildman–Crippen LogP) is 2.46. The fourth-order valence-electron chi connectivity index (χ4n) is 2.79. The van der Waals surface area contributed by atoms with Crippen molar-refractivity contribution in [3.63, 3.8) is 0 Å². The Morgan fingerprint density at radius 3 is 2.82 bits per heavy atom. The highest BCUT2D eigenvalue weighted by atomic mass is 16.5. The van der Waals surface area contributed by atoms with Crippen LogP contribution in [0.15, 0.2) is 6.20 Å². The van der Waals surface area contributed by atoms with Gasteiger partial charge in [-0.05, 0) is 33.1 Å². The topological polar surface area (TPSA) is 53.1 Å². The lowest BCUT2D eigenvalue weighted by Gasteiger charge is -2.28. The van der Waals surface area contributed by atoms with Crippen LogP contribution in [0.25, 0.3) is 0 Å². The first kappa shape index (κ1) is 12.4. The Morgan fingerprint density at radius 2 is 2.24 bits per heavy atom. The van der Waals surface area contributed by atoms with Crippen molar-refractivity contribution in [1.82, 2.24) is 9.78 Å². The zero-order valence-corrected chi connectivity index (χ0v) is 11.0. The molecule has 1 heterocycles. The average molecular weight is 237 g/mol. The van der Waals surface area contributed by atoms with Crippen LogP contribution in [0, 0.1) is 0 Å². The molecule has 4 nitrogen and oxygen atoms in total. The van der Waals surface area contributed by atoms with Crippen LogP contribution in [0.5, 0.6) is 5.75 Å². The second-order valence-electron chi connectivity index (χ2n) is 5.26. The minimum atomic E-state index is 0.328. The molecule has 1 saturated carbocycles. The van der Waals surface area contributed by atoms with Gasteiger partial charge in [-0.1, -0.05) is 6.42 Å². The molecule has 17 heavy (non-hydrogen) atoms. The third-order valence-electron chi connectivity index (χ3n) is 3.61. The molecule has 4 heteroatoms. The van der Waals surface area contributed by atoms with Crippen LogP contribution in [-0.2, 0) is 0 Å². The summed E-state index contributed by atoms with van der Waals surface area (Å²) in [5.74, 6) is 1.41. The van der Waals surface area contributed by atoms with Crippen LogP contribution in [-0.4, -0.2) is 22.9 Å². The van der Waals surface area contributed by atoms with Gasteiger partial charge in [-0.25, -0.2) is 0 Å². The summed E-state index contributed by atoms with van der Waals surface area (Å²) < 4.78 is 7.53. The van der Waals surface area contributed by atoms with Crippen LogP contribution in [0.3, 0.4) is 0 Å². The Labute approximate surface area is 103 Å². The summed E-state index contributed by atoms with van der Waals surface area (Å²) in [5, 5.41) is 4.44. The smallest absolute Gasteiger partial charge is 0.160 e. The fourth-order valence-corrected chi connectivity index (χ4v) is 2.79. The van der Waals surface area contributed by atoms with Gasteiger partial charge in [0.2, 0.25) is 0 Å². The number of hydrogen-bond acceptors (Lipinski definition) is 3. The maximum Gasteiger partial charge on any atom is 0.160 e. The predicted molar refractivity (Wildman–Crippen MR) is 68.3 cm³/mol. The molecule has 96 valence electrons. The molecule has 0 bridgehead atoms. The van der Waals surface area contributed by atoms with Crippen LogP contribution >= 0.6 is 0 Å². The molecule has 0 spiro atoms. The molecule has 0 amide bonds. The van der Waals surface area contributed by atoms with E-state index in [0.717, 1.165) is 18.6 Å². The molecule has 0 saturated heterocycles. The van der Waals surface area contributed by atoms with E-state index in [4.69, 9.17) is 10.5 Å². The van der Waals surface area contributed by atoms with Gasteiger partial charge in [0.25, 0.3) is 0 Å². The second-order valence-corrected chi connectivity index (χ2v) is 5.26. The molecule has 1 fully saturated rings. The molecule has 0 radical (unpaired) electrons. The average Bonchev–Trinajstić information content (AvgIpc) is 2.72. The number of nitrogens with two attached hydrogens (primary N) is 1. The van der Waals surface area contributed by atoms with E-state index in [-0.39, 0.29) is 0 Å². The van der Waals surface area contributed by atoms with Crippen LogP contribution in [0.4, 0.5) is 0 Å². The van der Waals surface area contributed by atoms with E-state index in [1.54, 1.807) is 7.11 Å². The van der Waals surface area contributed by atoms with Crippen LogP contribution in [0.1, 0.15) is 57.2 Å². The quantitative estimate of drug-likeness (QED) is 0.878. The molecular formula is C13H23N3O. The van der Waals surface area contributed by atoms with E-state index in [9.17, 15) is 0 Å². The number of aromatic nitrogens is 2. The van der Waals surface area contributed by atoms with Gasteiger partial charge in [-0.3, -0.25) is 4.68 Å². The van der Waals surface area contributed by atoms with Crippen LogP contribution in [0.2, 0.25) is 0 Å². The zero-order chi connectivity index (χ0) is 12.4. The lowest BCUT2D eigenvalue weighted by atomic mass is 9.83. The largest absolute Gasteiger partial charge is 0.493 e. The highest BCUT2D eigenvalue weighted by Crippen LogP contribution is 2.38. The molecule has 2 atom stereocenters. The van der Waals surface area contributed by atoms with E-state index in [1.807, 2.05) is 6.20 Å². The van der Waals surface area contributed by atoms with E-state index >= 15 is 0 Å². The summed E-state index contributed by atoms with van der Waals surface area (Å²) >= 11 is 0. The van der Waals surface area contributed by atoms with Crippen molar-refractivity contribution in [2.24, 2.45) is 5.73 Å². The third-order valence-corrected chi connectivity index (χ3v) is 3.61. The van der Waals surface area contributed by atoms with Crippen molar-refractivity contribution in [3.05, 3.63) is 11.9 Å². The van der Waals surface area contributed by atoms with E-state index in [2.05, 4.69) is 23.6 Å². The van der Waals surface area contributed by atoms with Gasteiger partial charge in [-0.2, -0.15) is 5.10 Å². The Hall–Kier alpha value is -1.03. The third kappa shape index (κ3) is 2.46. The van der Waals surface area contributed by atoms with E-state index in [1.165, 1.54) is 18.5 Å². The van der Waals surface area contributed by atoms with Gasteiger partial charge in [0, 0.05) is 18.0 Å². The number of nitrogens with zero attached hydrogens (tertiary/aromatic N) is 2.